The number of rotatable bonds is 6. The van der Waals surface area contributed by atoms with Gasteiger partial charge in [0, 0.05) is 17.9 Å². The van der Waals surface area contributed by atoms with Crippen LogP contribution >= 0.6 is 0 Å². The third kappa shape index (κ3) is 4.20. The van der Waals surface area contributed by atoms with Crippen molar-refractivity contribution in [1.82, 2.24) is 5.32 Å². The Labute approximate surface area is 174 Å². The number of epoxide rings is 2. The van der Waals surface area contributed by atoms with Crippen molar-refractivity contribution in [3.05, 3.63) is 0 Å². The molecule has 2 saturated carbocycles. The number of carbonyl (C=O) groups is 2. The van der Waals surface area contributed by atoms with Gasteiger partial charge in [0.2, 0.25) is 5.91 Å². The van der Waals surface area contributed by atoms with Crippen LogP contribution in [0.25, 0.3) is 0 Å². The molecular weight excluding hydrogens is 370 g/mol. The van der Waals surface area contributed by atoms with E-state index in [1.807, 2.05) is 13.8 Å². The van der Waals surface area contributed by atoms with Crippen LogP contribution < -0.4 is 5.32 Å². The maximum Gasteiger partial charge on any atom is 0.309 e. The molecule has 4 rings (SSSR count). The van der Waals surface area contributed by atoms with Crippen molar-refractivity contribution in [2.45, 2.75) is 90.6 Å². The molecule has 1 amide bonds. The van der Waals surface area contributed by atoms with Gasteiger partial charge >= 0.3 is 5.97 Å². The van der Waals surface area contributed by atoms with E-state index >= 15 is 0 Å². The lowest BCUT2D eigenvalue weighted by Gasteiger charge is -2.32. The van der Waals surface area contributed by atoms with E-state index in [4.69, 9.17) is 14.2 Å². The van der Waals surface area contributed by atoms with Crippen molar-refractivity contribution in [3.8, 4) is 0 Å². The lowest BCUT2D eigenvalue weighted by Crippen LogP contribution is -2.44. The Balaban J connectivity index is 1.22. The molecule has 2 heterocycles. The minimum atomic E-state index is -0.309. The highest BCUT2D eigenvalue weighted by molar-refractivity contribution is 5.79. The summed E-state index contributed by atoms with van der Waals surface area (Å²) >= 11 is 0. The van der Waals surface area contributed by atoms with Crippen molar-refractivity contribution in [2.24, 2.45) is 29.1 Å². The van der Waals surface area contributed by atoms with Gasteiger partial charge in [-0.2, -0.15) is 0 Å². The highest BCUT2D eigenvalue weighted by atomic mass is 16.6. The zero-order chi connectivity index (χ0) is 21.2. The van der Waals surface area contributed by atoms with Gasteiger partial charge < -0.3 is 19.5 Å². The fourth-order valence-electron chi connectivity index (χ4n) is 5.60. The second-order valence-corrected chi connectivity index (χ2v) is 11.4. The third-order valence-corrected chi connectivity index (χ3v) is 7.82. The molecule has 0 aromatic rings. The molecule has 0 bridgehead atoms. The smallest absolute Gasteiger partial charge is 0.309 e. The topological polar surface area (TPSA) is 80.5 Å². The van der Waals surface area contributed by atoms with Crippen LogP contribution in [0.2, 0.25) is 0 Å². The van der Waals surface area contributed by atoms with Crippen LogP contribution in [-0.4, -0.2) is 48.4 Å². The number of esters is 1. The van der Waals surface area contributed by atoms with Gasteiger partial charge in [-0.15, -0.1) is 0 Å². The predicted octanol–water partition coefficient (Wildman–Crippen LogP) is 3.08. The predicted molar refractivity (Wildman–Crippen MR) is 108 cm³/mol. The molecule has 6 nitrogen and oxygen atoms in total. The zero-order valence-electron chi connectivity index (χ0n) is 18.7. The van der Waals surface area contributed by atoms with Gasteiger partial charge in [-0.25, -0.2) is 0 Å². The summed E-state index contributed by atoms with van der Waals surface area (Å²) in [6, 6.07) is 0. The van der Waals surface area contributed by atoms with E-state index in [1.165, 1.54) is 0 Å². The molecule has 164 valence electrons. The molecule has 8 atom stereocenters. The molecule has 6 heteroatoms. The lowest BCUT2D eigenvalue weighted by atomic mass is 9.75. The van der Waals surface area contributed by atoms with Crippen LogP contribution in [0.15, 0.2) is 0 Å². The average molecular weight is 408 g/mol. The first-order valence-corrected chi connectivity index (χ1v) is 11.2. The largest absolute Gasteiger partial charge is 0.465 e. The van der Waals surface area contributed by atoms with Crippen LogP contribution in [0, 0.1) is 29.1 Å². The van der Waals surface area contributed by atoms with E-state index in [1.54, 1.807) is 0 Å². The zero-order valence-corrected chi connectivity index (χ0v) is 18.7. The Kier molecular flexibility index (Phi) is 5.05. The summed E-state index contributed by atoms with van der Waals surface area (Å²) in [4.78, 5) is 25.4. The number of hydrogen-bond acceptors (Lipinski definition) is 5. The summed E-state index contributed by atoms with van der Waals surface area (Å²) in [6.07, 6.45) is 3.87. The Morgan fingerprint density at radius 1 is 1.00 bits per heavy atom. The fraction of sp³-hybridized carbons (Fsp3) is 0.913. The second kappa shape index (κ2) is 6.94. The molecule has 1 N–H and O–H groups in total. The maximum atomic E-state index is 12.7. The summed E-state index contributed by atoms with van der Waals surface area (Å²) in [7, 11) is 0. The summed E-state index contributed by atoms with van der Waals surface area (Å²) in [5, 5.41) is 3.10. The first-order chi connectivity index (χ1) is 13.4. The van der Waals surface area contributed by atoms with Gasteiger partial charge in [0.25, 0.3) is 0 Å². The summed E-state index contributed by atoms with van der Waals surface area (Å²) in [5.74, 6) is 0.489. The first kappa shape index (κ1) is 21.1. The van der Waals surface area contributed by atoms with E-state index < -0.39 is 0 Å². The van der Waals surface area contributed by atoms with Crippen molar-refractivity contribution in [3.63, 3.8) is 0 Å². The van der Waals surface area contributed by atoms with Gasteiger partial charge in [0.15, 0.2) is 0 Å². The summed E-state index contributed by atoms with van der Waals surface area (Å²) in [5.41, 5.74) is -0.321. The molecule has 2 aliphatic carbocycles. The van der Waals surface area contributed by atoms with Crippen LogP contribution in [0.1, 0.15) is 67.2 Å². The lowest BCUT2D eigenvalue weighted by molar-refractivity contribution is -0.154. The first-order valence-electron chi connectivity index (χ1n) is 11.2. The second-order valence-electron chi connectivity index (χ2n) is 11.4. The van der Waals surface area contributed by atoms with Gasteiger partial charge in [-0.1, -0.05) is 27.7 Å². The molecule has 4 aliphatic rings. The molecule has 4 fully saturated rings. The molecule has 2 aliphatic heterocycles. The molecule has 0 spiro atoms. The molecular formula is C23H37NO5. The van der Waals surface area contributed by atoms with Crippen molar-refractivity contribution < 1.29 is 23.8 Å². The standard InChI is InChI=1S/C23H37NO5/c1-13-9-22(5)17(28-22)7-15(13)19(25)24-11-21(3,4)12-27-20(26)16-8-18-23(6,29-18)10-14(16)2/h13-18H,7-12H2,1-6H3,(H,24,25). The SMILES string of the molecule is CC1CC2(C)OC2CC1C(=O)NCC(C)(C)COC(=O)C1CC2OC2(C)CC1C. The van der Waals surface area contributed by atoms with E-state index in [0.29, 0.717) is 19.1 Å². The van der Waals surface area contributed by atoms with E-state index in [9.17, 15) is 9.59 Å². The minimum absolute atomic E-state index is 0.00285. The van der Waals surface area contributed by atoms with Crippen LogP contribution in [0.4, 0.5) is 0 Å². The minimum Gasteiger partial charge on any atom is -0.465 e. The molecule has 0 aromatic heterocycles. The summed E-state index contributed by atoms with van der Waals surface area (Å²) < 4.78 is 17.2. The Morgan fingerprint density at radius 3 is 2.10 bits per heavy atom. The van der Waals surface area contributed by atoms with Crippen LogP contribution in [-0.2, 0) is 23.8 Å². The summed E-state index contributed by atoms with van der Waals surface area (Å²) in [6.45, 7) is 13.4. The highest BCUT2D eigenvalue weighted by Gasteiger charge is 2.59. The van der Waals surface area contributed by atoms with E-state index in [-0.39, 0.29) is 58.5 Å². The number of nitrogens with one attached hydrogen (secondary N) is 1. The van der Waals surface area contributed by atoms with E-state index in [2.05, 4.69) is 33.0 Å². The number of ether oxygens (including phenoxy) is 3. The molecule has 8 unspecified atom stereocenters. The third-order valence-electron chi connectivity index (χ3n) is 7.82. The normalized spacial score (nSPS) is 45.6. The number of hydrogen-bond donors (Lipinski definition) is 1. The molecule has 29 heavy (non-hydrogen) atoms. The Bertz CT molecular complexity index is 637. The molecule has 2 saturated heterocycles. The van der Waals surface area contributed by atoms with Crippen molar-refractivity contribution in [1.29, 1.82) is 0 Å². The van der Waals surface area contributed by atoms with Gasteiger partial charge in [0.1, 0.15) is 0 Å². The van der Waals surface area contributed by atoms with Gasteiger partial charge in [-0.05, 0) is 51.4 Å². The van der Waals surface area contributed by atoms with Gasteiger partial charge in [0.05, 0.1) is 35.9 Å². The Morgan fingerprint density at radius 2 is 1.52 bits per heavy atom. The van der Waals surface area contributed by atoms with E-state index in [0.717, 1.165) is 25.7 Å². The molecule has 0 radical (unpaired) electrons. The quantitative estimate of drug-likeness (QED) is 0.541. The van der Waals surface area contributed by atoms with Crippen LogP contribution in [0.5, 0.6) is 0 Å². The average Bonchev–Trinajstić information content (AvgIpc) is 3.48. The number of amides is 1. The Hall–Kier alpha value is -1.14. The monoisotopic (exact) mass is 407 g/mol. The highest BCUT2D eigenvalue weighted by Crippen LogP contribution is 2.52. The fourth-order valence-corrected chi connectivity index (χ4v) is 5.60. The van der Waals surface area contributed by atoms with Crippen molar-refractivity contribution >= 4 is 11.9 Å². The number of fused-ring (bicyclic) bond motifs is 2. The number of carbonyl (C=O) groups excluding carboxylic acids is 2. The molecule has 0 aromatic carbocycles. The van der Waals surface area contributed by atoms with Crippen LogP contribution in [0.3, 0.4) is 0 Å². The van der Waals surface area contributed by atoms with Crippen molar-refractivity contribution in [2.75, 3.05) is 13.2 Å². The maximum absolute atomic E-state index is 12.7. The van der Waals surface area contributed by atoms with Gasteiger partial charge in [-0.3, -0.25) is 9.59 Å².